The lowest BCUT2D eigenvalue weighted by Crippen LogP contribution is -2.39. The molecule has 2 N–H and O–H groups in total. The Morgan fingerprint density at radius 1 is 1.47 bits per heavy atom. The summed E-state index contributed by atoms with van der Waals surface area (Å²) in [6.45, 7) is 5.28. The highest BCUT2D eigenvalue weighted by molar-refractivity contribution is 6.02. The van der Waals surface area contributed by atoms with Gasteiger partial charge in [0.2, 0.25) is 5.91 Å². The molecule has 1 aromatic rings. The van der Waals surface area contributed by atoms with Gasteiger partial charge in [0.05, 0.1) is 23.5 Å². The van der Waals surface area contributed by atoms with Crippen molar-refractivity contribution in [1.29, 1.82) is 0 Å². The number of hydrogen-bond donors (Lipinski definition) is 2. The zero-order chi connectivity index (χ0) is 14.0. The van der Waals surface area contributed by atoms with Gasteiger partial charge in [0.15, 0.2) is 0 Å². The van der Waals surface area contributed by atoms with Crippen LogP contribution in [0.5, 0.6) is 0 Å². The van der Waals surface area contributed by atoms with Crippen molar-refractivity contribution in [2.24, 2.45) is 5.92 Å². The molecule has 1 aliphatic rings. The first kappa shape index (κ1) is 13.4. The quantitative estimate of drug-likeness (QED) is 0.872. The van der Waals surface area contributed by atoms with Crippen LogP contribution in [-0.4, -0.2) is 30.1 Å². The SMILES string of the molecule is CC(C)CCN1CC(=O)Nc2ccc(C(=O)O)cc21. The van der Waals surface area contributed by atoms with Crippen LogP contribution >= 0.6 is 0 Å². The third-order valence-electron chi connectivity index (χ3n) is 3.17. The largest absolute Gasteiger partial charge is 0.478 e. The van der Waals surface area contributed by atoms with Gasteiger partial charge in [-0.2, -0.15) is 0 Å². The van der Waals surface area contributed by atoms with E-state index < -0.39 is 5.97 Å². The fraction of sp³-hybridized carbons (Fsp3) is 0.429. The van der Waals surface area contributed by atoms with Gasteiger partial charge in [0.25, 0.3) is 0 Å². The average Bonchev–Trinajstić information content (AvgIpc) is 2.35. The number of rotatable bonds is 4. The molecule has 1 amide bonds. The van der Waals surface area contributed by atoms with E-state index in [1.807, 2.05) is 4.90 Å². The number of nitrogens with one attached hydrogen (secondary N) is 1. The summed E-state index contributed by atoms with van der Waals surface area (Å²) < 4.78 is 0. The number of amides is 1. The normalized spacial score (nSPS) is 14.3. The van der Waals surface area contributed by atoms with E-state index in [2.05, 4.69) is 19.2 Å². The molecule has 0 bridgehead atoms. The number of carbonyl (C=O) groups excluding carboxylic acids is 1. The molecule has 1 aromatic carbocycles. The highest BCUT2D eigenvalue weighted by atomic mass is 16.4. The number of anilines is 2. The average molecular weight is 262 g/mol. The highest BCUT2D eigenvalue weighted by Crippen LogP contribution is 2.30. The van der Waals surface area contributed by atoms with Crippen molar-refractivity contribution in [3.05, 3.63) is 23.8 Å². The van der Waals surface area contributed by atoms with Gasteiger partial charge in [-0.15, -0.1) is 0 Å². The lowest BCUT2D eigenvalue weighted by atomic mass is 10.1. The van der Waals surface area contributed by atoms with Gasteiger partial charge < -0.3 is 15.3 Å². The van der Waals surface area contributed by atoms with Gasteiger partial charge in [-0.25, -0.2) is 4.79 Å². The molecule has 0 aliphatic carbocycles. The van der Waals surface area contributed by atoms with E-state index in [1.54, 1.807) is 12.1 Å². The van der Waals surface area contributed by atoms with E-state index in [0.29, 0.717) is 11.6 Å². The standard InChI is InChI=1S/C14H18N2O3/c1-9(2)5-6-16-8-13(17)15-11-4-3-10(14(18)19)7-12(11)16/h3-4,7,9H,5-6,8H2,1-2H3,(H,15,17)(H,18,19). The second-order valence-electron chi connectivity index (χ2n) is 5.19. The second-order valence-corrected chi connectivity index (χ2v) is 5.19. The minimum Gasteiger partial charge on any atom is -0.478 e. The van der Waals surface area contributed by atoms with Crippen molar-refractivity contribution >= 4 is 23.3 Å². The number of fused-ring (bicyclic) bond motifs is 1. The number of aromatic carboxylic acids is 1. The Morgan fingerprint density at radius 2 is 2.21 bits per heavy atom. The monoisotopic (exact) mass is 262 g/mol. The summed E-state index contributed by atoms with van der Waals surface area (Å²) in [5.41, 5.74) is 1.72. The van der Waals surface area contributed by atoms with Crippen LogP contribution < -0.4 is 10.2 Å². The van der Waals surface area contributed by atoms with Gasteiger partial charge in [-0.1, -0.05) is 13.8 Å². The van der Waals surface area contributed by atoms with Crippen molar-refractivity contribution in [2.45, 2.75) is 20.3 Å². The van der Waals surface area contributed by atoms with Crippen LogP contribution in [0.25, 0.3) is 0 Å². The van der Waals surface area contributed by atoms with Crippen LogP contribution in [0.4, 0.5) is 11.4 Å². The van der Waals surface area contributed by atoms with E-state index in [-0.39, 0.29) is 18.0 Å². The lowest BCUT2D eigenvalue weighted by Gasteiger charge is -2.31. The smallest absolute Gasteiger partial charge is 0.335 e. The Balaban J connectivity index is 2.30. The topological polar surface area (TPSA) is 69.6 Å². The number of carbonyl (C=O) groups is 2. The van der Waals surface area contributed by atoms with Crippen LogP contribution in [-0.2, 0) is 4.79 Å². The molecule has 0 aromatic heterocycles. The lowest BCUT2D eigenvalue weighted by molar-refractivity contribution is -0.115. The van der Waals surface area contributed by atoms with E-state index in [4.69, 9.17) is 5.11 Å². The van der Waals surface area contributed by atoms with Gasteiger partial charge in [-0.3, -0.25) is 4.79 Å². The molecular formula is C14H18N2O3. The molecule has 19 heavy (non-hydrogen) atoms. The molecule has 0 unspecified atom stereocenters. The van der Waals surface area contributed by atoms with Crippen LogP contribution in [0, 0.1) is 5.92 Å². The molecule has 0 spiro atoms. The van der Waals surface area contributed by atoms with E-state index in [9.17, 15) is 9.59 Å². The Morgan fingerprint density at radius 3 is 2.84 bits per heavy atom. The van der Waals surface area contributed by atoms with Crippen molar-refractivity contribution in [1.82, 2.24) is 0 Å². The molecule has 102 valence electrons. The maximum absolute atomic E-state index is 11.6. The predicted octanol–water partition coefficient (Wildman–Crippen LogP) is 2.19. The summed E-state index contributed by atoms with van der Waals surface area (Å²) >= 11 is 0. The number of nitrogens with zero attached hydrogens (tertiary/aromatic N) is 1. The number of carboxylic acid groups (broad SMARTS) is 1. The van der Waals surface area contributed by atoms with E-state index >= 15 is 0 Å². The molecule has 0 saturated carbocycles. The maximum atomic E-state index is 11.6. The summed E-state index contributed by atoms with van der Waals surface area (Å²) in [7, 11) is 0. The first-order chi connectivity index (χ1) is 8.97. The fourth-order valence-electron chi connectivity index (χ4n) is 2.09. The molecule has 5 nitrogen and oxygen atoms in total. The van der Waals surface area contributed by atoms with Crippen LogP contribution in [0.3, 0.4) is 0 Å². The van der Waals surface area contributed by atoms with Gasteiger partial charge in [0, 0.05) is 6.54 Å². The molecule has 5 heteroatoms. The minimum atomic E-state index is -0.955. The Bertz CT molecular complexity index is 511. The third kappa shape index (κ3) is 3.05. The molecule has 0 radical (unpaired) electrons. The summed E-state index contributed by atoms with van der Waals surface area (Å²) in [5, 5.41) is 11.8. The highest BCUT2D eigenvalue weighted by Gasteiger charge is 2.23. The number of carboxylic acids is 1. The van der Waals surface area contributed by atoms with Gasteiger partial charge >= 0.3 is 5.97 Å². The fourth-order valence-corrected chi connectivity index (χ4v) is 2.09. The molecule has 0 atom stereocenters. The Labute approximate surface area is 112 Å². The van der Waals surface area contributed by atoms with Crippen molar-refractivity contribution in [2.75, 3.05) is 23.3 Å². The third-order valence-corrected chi connectivity index (χ3v) is 3.17. The molecule has 0 saturated heterocycles. The van der Waals surface area contributed by atoms with Crippen molar-refractivity contribution < 1.29 is 14.7 Å². The summed E-state index contributed by atoms with van der Waals surface area (Å²) in [4.78, 5) is 24.6. The second kappa shape index (κ2) is 5.30. The zero-order valence-electron chi connectivity index (χ0n) is 11.1. The first-order valence-electron chi connectivity index (χ1n) is 6.39. The summed E-state index contributed by atoms with van der Waals surface area (Å²) in [6.07, 6.45) is 0.962. The first-order valence-corrected chi connectivity index (χ1v) is 6.39. The molecular weight excluding hydrogens is 244 g/mol. The van der Waals surface area contributed by atoms with Crippen LogP contribution in [0.15, 0.2) is 18.2 Å². The van der Waals surface area contributed by atoms with Gasteiger partial charge in [0.1, 0.15) is 0 Å². The van der Waals surface area contributed by atoms with Crippen LogP contribution in [0.1, 0.15) is 30.6 Å². The van der Waals surface area contributed by atoms with E-state index in [0.717, 1.165) is 18.7 Å². The maximum Gasteiger partial charge on any atom is 0.335 e. The zero-order valence-corrected chi connectivity index (χ0v) is 11.1. The van der Waals surface area contributed by atoms with E-state index in [1.165, 1.54) is 6.07 Å². The predicted molar refractivity (Wildman–Crippen MR) is 73.7 cm³/mol. The summed E-state index contributed by atoms with van der Waals surface area (Å²) in [5.74, 6) is -0.473. The minimum absolute atomic E-state index is 0.0562. The Kier molecular flexibility index (Phi) is 3.74. The molecule has 1 heterocycles. The van der Waals surface area contributed by atoms with Crippen molar-refractivity contribution in [3.8, 4) is 0 Å². The van der Waals surface area contributed by atoms with Gasteiger partial charge in [-0.05, 0) is 30.5 Å². The number of benzene rings is 1. The molecule has 1 aliphatic heterocycles. The Hall–Kier alpha value is -2.04. The summed E-state index contributed by atoms with van der Waals surface area (Å²) in [6, 6.07) is 4.78. The molecule has 2 rings (SSSR count). The number of hydrogen-bond acceptors (Lipinski definition) is 3. The van der Waals surface area contributed by atoms with Crippen molar-refractivity contribution in [3.63, 3.8) is 0 Å². The molecule has 0 fully saturated rings. The van der Waals surface area contributed by atoms with Crippen LogP contribution in [0.2, 0.25) is 0 Å².